The molecule has 1 aliphatic carbocycles. The van der Waals surface area contributed by atoms with E-state index >= 15 is 0 Å². The molecule has 1 saturated carbocycles. The largest absolute Gasteiger partial charge is 0.465 e. The average Bonchev–Trinajstić information content (AvgIpc) is 2.95. The van der Waals surface area contributed by atoms with Gasteiger partial charge in [-0.25, -0.2) is 4.79 Å². The standard InChI is InChI=1S/C13H24N2O2/c1-12(2,3)10-9-14(13(4)5-6-13)7-8-15(10)11(16)17/h10H,5-9H2,1-4H3,(H,16,17). The number of amides is 1. The summed E-state index contributed by atoms with van der Waals surface area (Å²) in [6.07, 6.45) is 1.75. The van der Waals surface area contributed by atoms with Crippen molar-refractivity contribution in [3.05, 3.63) is 0 Å². The summed E-state index contributed by atoms with van der Waals surface area (Å²) in [5.74, 6) is 0. The fourth-order valence-corrected chi connectivity index (χ4v) is 2.74. The van der Waals surface area contributed by atoms with Gasteiger partial charge < -0.3 is 10.0 Å². The van der Waals surface area contributed by atoms with Crippen molar-refractivity contribution in [1.82, 2.24) is 9.80 Å². The lowest BCUT2D eigenvalue weighted by Gasteiger charge is -2.48. The van der Waals surface area contributed by atoms with E-state index in [1.165, 1.54) is 12.8 Å². The quantitative estimate of drug-likeness (QED) is 0.764. The second-order valence-corrected chi connectivity index (χ2v) is 6.80. The second-order valence-electron chi connectivity index (χ2n) is 6.80. The SMILES string of the molecule is CC(C)(C)C1CN(C2(C)CC2)CCN1C(=O)O. The van der Waals surface area contributed by atoms with Crippen LogP contribution in [0.2, 0.25) is 0 Å². The minimum atomic E-state index is -0.773. The van der Waals surface area contributed by atoms with E-state index in [9.17, 15) is 9.90 Å². The molecular weight excluding hydrogens is 216 g/mol. The van der Waals surface area contributed by atoms with Crippen LogP contribution in [-0.4, -0.2) is 52.2 Å². The van der Waals surface area contributed by atoms with E-state index in [2.05, 4.69) is 32.6 Å². The van der Waals surface area contributed by atoms with Gasteiger partial charge in [0.05, 0.1) is 6.04 Å². The molecule has 1 amide bonds. The third-order valence-corrected chi connectivity index (χ3v) is 4.36. The highest BCUT2D eigenvalue weighted by Crippen LogP contribution is 2.43. The maximum absolute atomic E-state index is 11.3. The molecule has 4 heteroatoms. The Morgan fingerprint density at radius 1 is 1.29 bits per heavy atom. The van der Waals surface area contributed by atoms with Crippen molar-refractivity contribution in [2.75, 3.05) is 19.6 Å². The number of hydrogen-bond donors (Lipinski definition) is 1. The van der Waals surface area contributed by atoms with E-state index in [0.29, 0.717) is 12.1 Å². The van der Waals surface area contributed by atoms with Crippen LogP contribution in [0.15, 0.2) is 0 Å². The Morgan fingerprint density at radius 2 is 1.88 bits per heavy atom. The van der Waals surface area contributed by atoms with Gasteiger partial charge in [0.1, 0.15) is 0 Å². The summed E-state index contributed by atoms with van der Waals surface area (Å²) in [5, 5.41) is 9.28. The fourth-order valence-electron chi connectivity index (χ4n) is 2.74. The molecule has 0 bridgehead atoms. The van der Waals surface area contributed by atoms with Gasteiger partial charge in [0, 0.05) is 25.2 Å². The fraction of sp³-hybridized carbons (Fsp3) is 0.923. The minimum absolute atomic E-state index is 0.00229. The van der Waals surface area contributed by atoms with Crippen LogP contribution in [0.3, 0.4) is 0 Å². The van der Waals surface area contributed by atoms with E-state index in [0.717, 1.165) is 13.1 Å². The van der Waals surface area contributed by atoms with Gasteiger partial charge in [-0.3, -0.25) is 4.90 Å². The van der Waals surface area contributed by atoms with Gasteiger partial charge in [-0.1, -0.05) is 20.8 Å². The number of rotatable bonds is 1. The van der Waals surface area contributed by atoms with Crippen LogP contribution in [0.5, 0.6) is 0 Å². The molecule has 2 fully saturated rings. The van der Waals surface area contributed by atoms with E-state index in [-0.39, 0.29) is 11.5 Å². The molecule has 2 rings (SSSR count). The number of nitrogens with zero attached hydrogens (tertiary/aromatic N) is 2. The predicted molar refractivity (Wildman–Crippen MR) is 67.2 cm³/mol. The molecular formula is C13H24N2O2. The maximum atomic E-state index is 11.3. The van der Waals surface area contributed by atoms with Crippen molar-refractivity contribution in [2.45, 2.75) is 52.1 Å². The minimum Gasteiger partial charge on any atom is -0.465 e. The van der Waals surface area contributed by atoms with Gasteiger partial charge >= 0.3 is 6.09 Å². The van der Waals surface area contributed by atoms with Crippen molar-refractivity contribution in [2.24, 2.45) is 5.41 Å². The maximum Gasteiger partial charge on any atom is 0.407 e. The molecule has 0 aromatic carbocycles. The van der Waals surface area contributed by atoms with Crippen LogP contribution in [-0.2, 0) is 0 Å². The van der Waals surface area contributed by atoms with E-state index in [4.69, 9.17) is 0 Å². The lowest BCUT2D eigenvalue weighted by Crippen LogP contribution is -2.61. The number of hydrogen-bond acceptors (Lipinski definition) is 2. The molecule has 1 atom stereocenters. The molecule has 2 aliphatic rings. The molecule has 0 spiro atoms. The van der Waals surface area contributed by atoms with Crippen molar-refractivity contribution < 1.29 is 9.90 Å². The lowest BCUT2D eigenvalue weighted by atomic mass is 9.84. The zero-order valence-corrected chi connectivity index (χ0v) is 11.4. The highest BCUT2D eigenvalue weighted by Gasteiger charge is 2.48. The molecule has 1 N–H and O–H groups in total. The van der Waals surface area contributed by atoms with Crippen molar-refractivity contribution in [3.63, 3.8) is 0 Å². The summed E-state index contributed by atoms with van der Waals surface area (Å²) in [7, 11) is 0. The van der Waals surface area contributed by atoms with Gasteiger partial charge in [-0.2, -0.15) is 0 Å². The van der Waals surface area contributed by atoms with Gasteiger partial charge in [-0.15, -0.1) is 0 Å². The van der Waals surface area contributed by atoms with Crippen LogP contribution < -0.4 is 0 Å². The van der Waals surface area contributed by atoms with Crippen molar-refractivity contribution in [1.29, 1.82) is 0 Å². The van der Waals surface area contributed by atoms with Crippen LogP contribution in [0.4, 0.5) is 4.79 Å². The summed E-state index contributed by atoms with van der Waals surface area (Å²) in [6, 6.07) is 0.103. The summed E-state index contributed by atoms with van der Waals surface area (Å²) in [4.78, 5) is 15.4. The van der Waals surface area contributed by atoms with Gasteiger partial charge in [-0.05, 0) is 25.2 Å². The molecule has 98 valence electrons. The van der Waals surface area contributed by atoms with E-state index < -0.39 is 6.09 Å². The third kappa shape index (κ3) is 2.41. The van der Waals surface area contributed by atoms with Crippen molar-refractivity contribution in [3.8, 4) is 0 Å². The molecule has 0 aromatic heterocycles. The van der Waals surface area contributed by atoms with Crippen LogP contribution >= 0.6 is 0 Å². The first-order chi connectivity index (χ1) is 7.74. The Hall–Kier alpha value is -0.770. The second kappa shape index (κ2) is 3.87. The topological polar surface area (TPSA) is 43.8 Å². The first-order valence-electron chi connectivity index (χ1n) is 6.49. The molecule has 1 aliphatic heterocycles. The van der Waals surface area contributed by atoms with Gasteiger partial charge in [0.25, 0.3) is 0 Å². The lowest BCUT2D eigenvalue weighted by molar-refractivity contribution is 0.00350. The molecule has 1 heterocycles. The van der Waals surface area contributed by atoms with Gasteiger partial charge in [0.2, 0.25) is 0 Å². The highest BCUT2D eigenvalue weighted by molar-refractivity contribution is 5.65. The Labute approximate surface area is 104 Å². The smallest absolute Gasteiger partial charge is 0.407 e. The summed E-state index contributed by atoms with van der Waals surface area (Å²) in [5.41, 5.74) is 0.358. The number of piperazine rings is 1. The Kier molecular flexibility index (Phi) is 2.89. The molecule has 17 heavy (non-hydrogen) atoms. The Morgan fingerprint density at radius 3 is 2.29 bits per heavy atom. The first kappa shape index (κ1) is 12.7. The molecule has 0 aromatic rings. The zero-order chi connectivity index (χ0) is 12.8. The molecule has 1 unspecified atom stereocenters. The van der Waals surface area contributed by atoms with Crippen molar-refractivity contribution >= 4 is 6.09 Å². The first-order valence-corrected chi connectivity index (χ1v) is 6.49. The van der Waals surface area contributed by atoms with Crippen LogP contribution in [0, 0.1) is 5.41 Å². The average molecular weight is 240 g/mol. The predicted octanol–water partition coefficient (Wildman–Crippen LogP) is 2.25. The van der Waals surface area contributed by atoms with E-state index in [1.807, 2.05) is 0 Å². The van der Waals surface area contributed by atoms with Crippen LogP contribution in [0.25, 0.3) is 0 Å². The molecule has 1 saturated heterocycles. The van der Waals surface area contributed by atoms with Gasteiger partial charge in [0.15, 0.2) is 0 Å². The Bertz CT molecular complexity index is 318. The van der Waals surface area contributed by atoms with Crippen LogP contribution in [0.1, 0.15) is 40.5 Å². The number of carboxylic acid groups (broad SMARTS) is 1. The highest BCUT2D eigenvalue weighted by atomic mass is 16.4. The number of carbonyl (C=O) groups is 1. The summed E-state index contributed by atoms with van der Waals surface area (Å²) < 4.78 is 0. The summed E-state index contributed by atoms with van der Waals surface area (Å²) >= 11 is 0. The Balaban J connectivity index is 2.13. The monoisotopic (exact) mass is 240 g/mol. The molecule has 4 nitrogen and oxygen atoms in total. The molecule has 0 radical (unpaired) electrons. The summed E-state index contributed by atoms with van der Waals surface area (Å²) in [6.45, 7) is 11.1. The zero-order valence-electron chi connectivity index (χ0n) is 11.4. The normalized spacial score (nSPS) is 29.2. The van der Waals surface area contributed by atoms with E-state index in [1.54, 1.807) is 4.90 Å². The third-order valence-electron chi connectivity index (χ3n) is 4.36.